The topological polar surface area (TPSA) is 61.9 Å². The minimum absolute atomic E-state index is 0.107. The lowest BCUT2D eigenvalue weighted by molar-refractivity contribution is 0.0948. The van der Waals surface area contributed by atoms with Crippen molar-refractivity contribution in [1.29, 1.82) is 0 Å². The lowest BCUT2D eigenvalue weighted by Crippen LogP contribution is -2.24. The Balaban J connectivity index is 2.71. The minimum Gasteiger partial charge on any atom is -0.352 e. The van der Waals surface area contributed by atoms with Gasteiger partial charge in [-0.1, -0.05) is 6.92 Å². The van der Waals surface area contributed by atoms with Crippen molar-refractivity contribution in [2.45, 2.75) is 13.3 Å². The molecule has 69 valence electrons. The predicted molar refractivity (Wildman–Crippen MR) is 47.0 cm³/mol. The van der Waals surface area contributed by atoms with Crippen LogP contribution in [0.4, 0.5) is 0 Å². The summed E-state index contributed by atoms with van der Waals surface area (Å²) in [7, 11) is 0. The highest BCUT2D eigenvalue weighted by Gasteiger charge is 2.11. The van der Waals surface area contributed by atoms with Crippen LogP contribution in [0.2, 0.25) is 0 Å². The van der Waals surface area contributed by atoms with E-state index < -0.39 is 5.88 Å². The zero-order valence-corrected chi connectivity index (χ0v) is 7.41. The van der Waals surface area contributed by atoms with Crippen LogP contribution in [0.1, 0.15) is 23.7 Å². The Morgan fingerprint density at radius 2 is 2.38 bits per heavy atom. The van der Waals surface area contributed by atoms with Crippen molar-refractivity contribution < 1.29 is 9.90 Å². The van der Waals surface area contributed by atoms with Gasteiger partial charge in [0.25, 0.3) is 11.8 Å². The van der Waals surface area contributed by atoms with Crippen LogP contribution < -0.4 is 5.32 Å². The summed E-state index contributed by atoms with van der Waals surface area (Å²) in [5.41, 5.74) is 0.107. The van der Waals surface area contributed by atoms with Crippen LogP contribution >= 0.6 is 0 Å². The number of rotatable bonds is 3. The molecule has 0 aromatic carbocycles. The number of carbonyl (C=O) groups excluding carboxylic acids is 1. The van der Waals surface area contributed by atoms with E-state index in [1.54, 1.807) is 6.07 Å². The molecule has 0 aliphatic carbocycles. The molecule has 4 nitrogen and oxygen atoms in total. The summed E-state index contributed by atoms with van der Waals surface area (Å²) >= 11 is 0. The number of hydrogen-bond donors (Lipinski definition) is 1. The van der Waals surface area contributed by atoms with E-state index in [2.05, 4.69) is 10.3 Å². The van der Waals surface area contributed by atoms with Gasteiger partial charge in [-0.15, -0.1) is 0 Å². The average molecular weight is 179 g/mol. The minimum atomic E-state index is -0.476. The number of hydrogen-bond acceptors (Lipinski definition) is 2. The first-order valence-electron chi connectivity index (χ1n) is 4.16. The van der Waals surface area contributed by atoms with Crippen molar-refractivity contribution in [1.82, 2.24) is 10.3 Å². The van der Waals surface area contributed by atoms with Crippen molar-refractivity contribution in [3.05, 3.63) is 23.9 Å². The maximum absolute atomic E-state index is 11.3. The van der Waals surface area contributed by atoms with Gasteiger partial charge in [-0.3, -0.25) is 9.90 Å². The monoisotopic (exact) mass is 179 g/mol. The highest BCUT2D eigenvalue weighted by atomic mass is 16.3. The molecule has 1 N–H and O–H groups in total. The van der Waals surface area contributed by atoms with Crippen molar-refractivity contribution in [2.75, 3.05) is 6.54 Å². The summed E-state index contributed by atoms with van der Waals surface area (Å²) in [5, 5.41) is 13.7. The van der Waals surface area contributed by atoms with Gasteiger partial charge in [0.2, 0.25) is 0 Å². The molecule has 1 aromatic rings. The van der Waals surface area contributed by atoms with E-state index >= 15 is 0 Å². The van der Waals surface area contributed by atoms with Crippen LogP contribution in [0, 0.1) is 0 Å². The number of aromatic nitrogens is 1. The van der Waals surface area contributed by atoms with Crippen LogP contribution in [-0.4, -0.2) is 17.4 Å². The standard InChI is InChI=1S/C9H11N2O2/c1-2-5-10-8(12)7-4-3-6-11-9(7)13/h3-4,6H,2,5H2,1H3,(H,10,12). The van der Waals surface area contributed by atoms with E-state index in [9.17, 15) is 9.90 Å². The molecule has 0 bridgehead atoms. The van der Waals surface area contributed by atoms with Gasteiger partial charge >= 0.3 is 0 Å². The van der Waals surface area contributed by atoms with E-state index in [1.807, 2.05) is 6.92 Å². The third kappa shape index (κ3) is 2.43. The highest BCUT2D eigenvalue weighted by molar-refractivity contribution is 5.96. The molecule has 4 heteroatoms. The van der Waals surface area contributed by atoms with Gasteiger partial charge in [-0.2, -0.15) is 0 Å². The Hall–Kier alpha value is -1.58. The van der Waals surface area contributed by atoms with Gasteiger partial charge in [-0.25, -0.2) is 4.98 Å². The molecule has 0 unspecified atom stereocenters. The molecule has 0 saturated heterocycles. The maximum atomic E-state index is 11.3. The molecule has 0 spiro atoms. The summed E-state index contributed by atoms with van der Waals surface area (Å²) < 4.78 is 0. The van der Waals surface area contributed by atoms with E-state index in [4.69, 9.17) is 0 Å². The summed E-state index contributed by atoms with van der Waals surface area (Å²) in [6, 6.07) is 3.04. The summed E-state index contributed by atoms with van der Waals surface area (Å²) in [4.78, 5) is 14.8. The molecule has 1 amide bonds. The van der Waals surface area contributed by atoms with Gasteiger partial charge in [0, 0.05) is 12.7 Å². The number of nitrogens with one attached hydrogen (secondary N) is 1. The number of amides is 1. The molecule has 13 heavy (non-hydrogen) atoms. The largest absolute Gasteiger partial charge is 0.352 e. The number of carbonyl (C=O) groups is 1. The Kier molecular flexibility index (Phi) is 3.25. The van der Waals surface area contributed by atoms with Crippen LogP contribution in [0.25, 0.3) is 0 Å². The second-order valence-electron chi connectivity index (χ2n) is 2.61. The first-order valence-corrected chi connectivity index (χ1v) is 4.16. The normalized spacial score (nSPS) is 9.62. The average Bonchev–Trinajstić information content (AvgIpc) is 2.15. The Morgan fingerprint density at radius 1 is 1.62 bits per heavy atom. The second-order valence-corrected chi connectivity index (χ2v) is 2.61. The molecule has 0 aliphatic heterocycles. The number of nitrogens with zero attached hydrogens (tertiary/aromatic N) is 1. The van der Waals surface area contributed by atoms with Crippen LogP contribution in [0.5, 0.6) is 5.88 Å². The quantitative estimate of drug-likeness (QED) is 0.761. The van der Waals surface area contributed by atoms with Gasteiger partial charge in [0.05, 0.1) is 0 Å². The van der Waals surface area contributed by atoms with E-state index in [1.165, 1.54) is 12.3 Å². The Morgan fingerprint density at radius 3 is 3.00 bits per heavy atom. The predicted octanol–water partition coefficient (Wildman–Crippen LogP) is 1.37. The lowest BCUT2D eigenvalue weighted by Gasteiger charge is -2.02. The first-order chi connectivity index (χ1) is 6.25. The molecule has 0 saturated carbocycles. The SMILES string of the molecule is CCCNC(=O)c1cccnc1[O]. The maximum Gasteiger partial charge on any atom is 0.282 e. The summed E-state index contributed by atoms with van der Waals surface area (Å²) in [6.45, 7) is 2.52. The summed E-state index contributed by atoms with van der Waals surface area (Å²) in [6.07, 6.45) is 2.22. The van der Waals surface area contributed by atoms with Gasteiger partial charge in [0.15, 0.2) is 0 Å². The molecule has 1 aromatic heterocycles. The molecule has 1 radical (unpaired) electrons. The smallest absolute Gasteiger partial charge is 0.282 e. The van der Waals surface area contributed by atoms with Crippen LogP contribution in [0.3, 0.4) is 0 Å². The fourth-order valence-corrected chi connectivity index (χ4v) is 0.897. The molecule has 0 fully saturated rings. The molecule has 0 atom stereocenters. The van der Waals surface area contributed by atoms with E-state index in [-0.39, 0.29) is 11.5 Å². The molecule has 1 rings (SSSR count). The zero-order chi connectivity index (χ0) is 9.68. The third-order valence-corrected chi connectivity index (χ3v) is 1.55. The molecular weight excluding hydrogens is 168 g/mol. The second kappa shape index (κ2) is 4.45. The first kappa shape index (κ1) is 9.51. The van der Waals surface area contributed by atoms with Gasteiger partial charge in [-0.05, 0) is 18.6 Å². The lowest BCUT2D eigenvalue weighted by atomic mass is 10.2. The summed E-state index contributed by atoms with van der Waals surface area (Å²) in [5.74, 6) is -0.823. The van der Waals surface area contributed by atoms with Crippen LogP contribution in [-0.2, 0) is 5.11 Å². The zero-order valence-electron chi connectivity index (χ0n) is 7.41. The van der Waals surface area contributed by atoms with E-state index in [0.717, 1.165) is 6.42 Å². The van der Waals surface area contributed by atoms with Crippen molar-refractivity contribution in [2.24, 2.45) is 0 Å². The Labute approximate surface area is 76.6 Å². The van der Waals surface area contributed by atoms with Gasteiger partial charge in [0.1, 0.15) is 5.56 Å². The highest BCUT2D eigenvalue weighted by Crippen LogP contribution is 2.11. The molecule has 0 aliphatic rings. The van der Waals surface area contributed by atoms with Crippen LogP contribution in [0.15, 0.2) is 18.3 Å². The molecular formula is C9H11N2O2. The third-order valence-electron chi connectivity index (χ3n) is 1.55. The van der Waals surface area contributed by atoms with Crippen molar-refractivity contribution >= 4 is 5.91 Å². The fourth-order valence-electron chi connectivity index (χ4n) is 0.897. The van der Waals surface area contributed by atoms with E-state index in [0.29, 0.717) is 6.54 Å². The van der Waals surface area contributed by atoms with Crippen molar-refractivity contribution in [3.8, 4) is 5.88 Å². The van der Waals surface area contributed by atoms with Gasteiger partial charge < -0.3 is 5.32 Å². The Bertz CT molecular complexity index is 299. The molecule has 1 heterocycles. The van der Waals surface area contributed by atoms with Crippen molar-refractivity contribution in [3.63, 3.8) is 0 Å². The number of pyridine rings is 1. The fraction of sp³-hybridized carbons (Fsp3) is 0.333.